The third-order valence-corrected chi connectivity index (χ3v) is 2.21. The van der Waals surface area contributed by atoms with Gasteiger partial charge in [0.25, 0.3) is 0 Å². The number of nitrogens with zero attached hydrogens (tertiary/aromatic N) is 1. The molecule has 0 atom stereocenters. The molecule has 0 radical (unpaired) electrons. The summed E-state index contributed by atoms with van der Waals surface area (Å²) in [5.74, 6) is 0.246. The summed E-state index contributed by atoms with van der Waals surface area (Å²) in [6.07, 6.45) is 0. The van der Waals surface area contributed by atoms with Crippen LogP contribution in [0.1, 0.15) is 5.56 Å². The lowest BCUT2D eigenvalue weighted by Gasteiger charge is -2.07. The number of benzene rings is 1. The molecule has 0 saturated carbocycles. The summed E-state index contributed by atoms with van der Waals surface area (Å²) in [5.41, 5.74) is 0.802. The Balaban J connectivity index is 2.95. The average Bonchev–Trinajstić information content (AvgIpc) is 2.27. The highest BCUT2D eigenvalue weighted by atomic mass is 79.9. The Labute approximate surface area is 108 Å². The predicted octanol–water partition coefficient (Wildman–Crippen LogP) is 2.60. The fourth-order valence-electron chi connectivity index (χ4n) is 1.30. The Morgan fingerprint density at radius 2 is 2.35 bits per heavy atom. The van der Waals surface area contributed by atoms with E-state index in [9.17, 15) is 10.1 Å². The van der Waals surface area contributed by atoms with E-state index in [0.717, 1.165) is 5.56 Å². The summed E-state index contributed by atoms with van der Waals surface area (Å²) in [7, 11) is 1.78. The summed E-state index contributed by atoms with van der Waals surface area (Å²) in [6, 6.07) is 4.89. The number of nitro groups is 1. The van der Waals surface area contributed by atoms with Crippen LogP contribution in [0.4, 0.5) is 5.69 Å². The minimum atomic E-state index is -0.453. The zero-order valence-corrected chi connectivity index (χ0v) is 11.0. The van der Waals surface area contributed by atoms with Gasteiger partial charge in [-0.2, -0.15) is 0 Å². The number of rotatable bonds is 6. The molecule has 92 valence electrons. The van der Waals surface area contributed by atoms with Crippen molar-refractivity contribution in [1.82, 2.24) is 5.32 Å². The van der Waals surface area contributed by atoms with E-state index in [0.29, 0.717) is 11.0 Å². The molecular formula is C11H13BrN2O3. The van der Waals surface area contributed by atoms with Crippen LogP contribution in [0.15, 0.2) is 29.3 Å². The Bertz CT molecular complexity index is 435. The summed E-state index contributed by atoms with van der Waals surface area (Å²) in [4.78, 5) is 10.4. The fourth-order valence-corrected chi connectivity index (χ4v) is 1.41. The first-order valence-electron chi connectivity index (χ1n) is 4.92. The van der Waals surface area contributed by atoms with E-state index < -0.39 is 4.92 Å². The standard InChI is InChI=1S/C11H13BrN2O3/c1-8(12)7-17-11-4-3-9(6-13-2)5-10(11)14(15)16/h3-5,13H,1,6-7H2,2H3. The van der Waals surface area contributed by atoms with Crippen molar-refractivity contribution in [3.8, 4) is 5.75 Å². The molecule has 0 amide bonds. The number of hydrogen-bond acceptors (Lipinski definition) is 4. The van der Waals surface area contributed by atoms with Crippen LogP contribution in [-0.2, 0) is 6.54 Å². The van der Waals surface area contributed by atoms with Gasteiger partial charge in [-0.15, -0.1) is 0 Å². The maximum Gasteiger partial charge on any atom is 0.311 e. The smallest absolute Gasteiger partial charge is 0.311 e. The second kappa shape index (κ2) is 6.36. The molecule has 0 aliphatic carbocycles. The average molecular weight is 301 g/mol. The van der Waals surface area contributed by atoms with Gasteiger partial charge in [0, 0.05) is 17.1 Å². The number of nitro benzene ring substituents is 1. The molecule has 0 saturated heterocycles. The van der Waals surface area contributed by atoms with Gasteiger partial charge in [-0.25, -0.2) is 0 Å². The molecule has 1 rings (SSSR count). The van der Waals surface area contributed by atoms with E-state index in [2.05, 4.69) is 27.8 Å². The number of hydrogen-bond donors (Lipinski definition) is 1. The highest BCUT2D eigenvalue weighted by molar-refractivity contribution is 9.11. The molecule has 0 bridgehead atoms. The van der Waals surface area contributed by atoms with Crippen molar-refractivity contribution in [2.24, 2.45) is 0 Å². The lowest BCUT2D eigenvalue weighted by atomic mass is 10.2. The Morgan fingerprint density at radius 1 is 1.65 bits per heavy atom. The number of halogens is 1. The summed E-state index contributed by atoms with van der Waals surface area (Å²) in [5, 5.41) is 13.8. The van der Waals surface area contributed by atoms with Crippen LogP contribution in [0.3, 0.4) is 0 Å². The largest absolute Gasteiger partial charge is 0.481 e. The highest BCUT2D eigenvalue weighted by Gasteiger charge is 2.15. The molecule has 1 aromatic rings. The van der Waals surface area contributed by atoms with Crippen LogP contribution in [0, 0.1) is 10.1 Å². The monoisotopic (exact) mass is 300 g/mol. The minimum absolute atomic E-state index is 0.0356. The molecule has 6 heteroatoms. The minimum Gasteiger partial charge on any atom is -0.481 e. The van der Waals surface area contributed by atoms with E-state index in [4.69, 9.17) is 4.74 Å². The van der Waals surface area contributed by atoms with Crippen LogP contribution in [0.2, 0.25) is 0 Å². The zero-order chi connectivity index (χ0) is 12.8. The van der Waals surface area contributed by atoms with Crippen LogP contribution in [-0.4, -0.2) is 18.6 Å². The highest BCUT2D eigenvalue weighted by Crippen LogP contribution is 2.28. The molecule has 0 unspecified atom stereocenters. The number of ether oxygens (including phenoxy) is 1. The van der Waals surface area contributed by atoms with Crippen LogP contribution >= 0.6 is 15.9 Å². The van der Waals surface area contributed by atoms with E-state index in [1.165, 1.54) is 6.07 Å². The first-order valence-corrected chi connectivity index (χ1v) is 5.72. The molecule has 0 fully saturated rings. The van der Waals surface area contributed by atoms with Crippen molar-refractivity contribution in [2.75, 3.05) is 13.7 Å². The Morgan fingerprint density at radius 3 is 2.88 bits per heavy atom. The van der Waals surface area contributed by atoms with Crippen LogP contribution in [0.25, 0.3) is 0 Å². The van der Waals surface area contributed by atoms with Gasteiger partial charge in [-0.3, -0.25) is 10.1 Å². The second-order valence-electron chi connectivity index (χ2n) is 3.40. The molecule has 5 nitrogen and oxygen atoms in total. The van der Waals surface area contributed by atoms with Gasteiger partial charge in [0.15, 0.2) is 5.75 Å². The lowest BCUT2D eigenvalue weighted by Crippen LogP contribution is -2.06. The molecule has 0 heterocycles. The van der Waals surface area contributed by atoms with Crippen molar-refractivity contribution in [2.45, 2.75) is 6.54 Å². The molecule has 1 N–H and O–H groups in total. The number of nitrogens with one attached hydrogen (secondary N) is 1. The van der Waals surface area contributed by atoms with Gasteiger partial charge in [-0.1, -0.05) is 28.6 Å². The third kappa shape index (κ3) is 4.16. The van der Waals surface area contributed by atoms with Crippen LogP contribution in [0.5, 0.6) is 5.75 Å². The maximum atomic E-state index is 10.9. The van der Waals surface area contributed by atoms with Gasteiger partial charge in [0.2, 0.25) is 0 Å². The predicted molar refractivity (Wildman–Crippen MR) is 69.4 cm³/mol. The van der Waals surface area contributed by atoms with E-state index in [1.54, 1.807) is 19.2 Å². The molecule has 0 spiro atoms. The van der Waals surface area contributed by atoms with Crippen molar-refractivity contribution >= 4 is 21.6 Å². The van der Waals surface area contributed by atoms with Crippen molar-refractivity contribution in [3.05, 3.63) is 44.9 Å². The van der Waals surface area contributed by atoms with Gasteiger partial charge in [-0.05, 0) is 18.7 Å². The zero-order valence-electron chi connectivity index (χ0n) is 9.40. The first kappa shape index (κ1) is 13.7. The summed E-state index contributed by atoms with van der Waals surface area (Å²) >= 11 is 3.13. The van der Waals surface area contributed by atoms with Crippen molar-refractivity contribution in [1.29, 1.82) is 0 Å². The molecule has 1 aromatic carbocycles. The molecule has 0 aliphatic heterocycles. The van der Waals surface area contributed by atoms with Crippen molar-refractivity contribution < 1.29 is 9.66 Å². The molecule has 0 aromatic heterocycles. The van der Waals surface area contributed by atoms with E-state index in [1.807, 2.05) is 0 Å². The second-order valence-corrected chi connectivity index (χ2v) is 4.52. The van der Waals surface area contributed by atoms with Gasteiger partial charge >= 0.3 is 5.69 Å². The first-order chi connectivity index (χ1) is 8.04. The van der Waals surface area contributed by atoms with Crippen LogP contribution < -0.4 is 10.1 Å². The van der Waals surface area contributed by atoms with Crippen molar-refractivity contribution in [3.63, 3.8) is 0 Å². The van der Waals surface area contributed by atoms with E-state index >= 15 is 0 Å². The summed E-state index contributed by atoms with van der Waals surface area (Å²) in [6.45, 7) is 4.38. The SMILES string of the molecule is C=C(Br)COc1ccc(CNC)cc1[N+](=O)[O-]. The fraction of sp³-hybridized carbons (Fsp3) is 0.273. The van der Waals surface area contributed by atoms with Gasteiger partial charge in [0.05, 0.1) is 4.92 Å². The maximum absolute atomic E-state index is 10.9. The normalized spacial score (nSPS) is 10.0. The molecule has 17 heavy (non-hydrogen) atoms. The Hall–Kier alpha value is -1.40. The molecule has 0 aliphatic rings. The third-order valence-electron chi connectivity index (χ3n) is 1.99. The molecular weight excluding hydrogens is 288 g/mol. The summed E-state index contributed by atoms with van der Waals surface area (Å²) < 4.78 is 5.92. The Kier molecular flexibility index (Phi) is 5.11. The van der Waals surface area contributed by atoms with E-state index in [-0.39, 0.29) is 18.0 Å². The topological polar surface area (TPSA) is 64.4 Å². The lowest BCUT2D eigenvalue weighted by molar-refractivity contribution is -0.385. The van der Waals surface area contributed by atoms with Gasteiger partial charge in [0.1, 0.15) is 6.61 Å². The quantitative estimate of drug-likeness (QED) is 0.648. The van der Waals surface area contributed by atoms with Gasteiger partial charge < -0.3 is 10.1 Å².